The van der Waals surface area contributed by atoms with Crippen molar-refractivity contribution in [3.8, 4) is 0 Å². The Bertz CT molecular complexity index is 218. The second-order valence-electron chi connectivity index (χ2n) is 5.15. The summed E-state index contributed by atoms with van der Waals surface area (Å²) in [6, 6.07) is 0. The smallest absolute Gasteiger partial charge is 0.207 e. The van der Waals surface area contributed by atoms with E-state index in [0.29, 0.717) is 25.2 Å². The zero-order valence-electron chi connectivity index (χ0n) is 9.02. The standard InChI is InChI=1S/C12H19ClF2/c13-11-6-2-1-4-9(11)8-10-5-3-7-12(10,14)15/h9-11H,1-8H2. The van der Waals surface area contributed by atoms with Crippen molar-refractivity contribution in [3.63, 3.8) is 0 Å². The van der Waals surface area contributed by atoms with Crippen LogP contribution in [-0.4, -0.2) is 11.3 Å². The Labute approximate surface area is 95.4 Å². The van der Waals surface area contributed by atoms with Crippen LogP contribution in [0.2, 0.25) is 0 Å². The van der Waals surface area contributed by atoms with Crippen LogP contribution in [0.3, 0.4) is 0 Å². The molecule has 0 amide bonds. The Hall–Kier alpha value is 0.150. The summed E-state index contributed by atoms with van der Waals surface area (Å²) in [6.45, 7) is 0. The second-order valence-corrected chi connectivity index (χ2v) is 5.71. The van der Waals surface area contributed by atoms with Gasteiger partial charge in [0.05, 0.1) is 0 Å². The Balaban J connectivity index is 1.90. The van der Waals surface area contributed by atoms with E-state index in [2.05, 4.69) is 0 Å². The zero-order valence-corrected chi connectivity index (χ0v) is 9.78. The second kappa shape index (κ2) is 4.57. The maximum absolute atomic E-state index is 13.4. The predicted molar refractivity (Wildman–Crippen MR) is 58.5 cm³/mol. The molecular formula is C12H19ClF2. The quantitative estimate of drug-likeness (QED) is 0.615. The number of rotatable bonds is 2. The lowest BCUT2D eigenvalue weighted by molar-refractivity contribution is -0.0457. The molecule has 3 unspecified atom stereocenters. The average molecular weight is 237 g/mol. The molecule has 0 radical (unpaired) electrons. The van der Waals surface area contributed by atoms with Crippen molar-refractivity contribution in [2.45, 2.75) is 62.7 Å². The molecule has 0 bridgehead atoms. The highest BCUT2D eigenvalue weighted by Crippen LogP contribution is 2.46. The van der Waals surface area contributed by atoms with Crippen LogP contribution >= 0.6 is 11.6 Å². The van der Waals surface area contributed by atoms with Gasteiger partial charge in [0.15, 0.2) is 0 Å². The van der Waals surface area contributed by atoms with E-state index < -0.39 is 5.92 Å². The first kappa shape index (κ1) is 11.6. The molecule has 0 spiro atoms. The van der Waals surface area contributed by atoms with Gasteiger partial charge >= 0.3 is 0 Å². The van der Waals surface area contributed by atoms with Gasteiger partial charge in [-0.25, -0.2) is 8.78 Å². The highest BCUT2D eigenvalue weighted by molar-refractivity contribution is 6.20. The van der Waals surface area contributed by atoms with E-state index in [-0.39, 0.29) is 17.7 Å². The summed E-state index contributed by atoms with van der Waals surface area (Å²) in [5.74, 6) is -2.45. The van der Waals surface area contributed by atoms with E-state index in [1.165, 1.54) is 12.8 Å². The number of alkyl halides is 3. The lowest BCUT2D eigenvalue weighted by atomic mass is 9.81. The summed E-state index contributed by atoms with van der Waals surface area (Å²) in [5, 5.41) is 0.148. The molecule has 3 heteroatoms. The molecule has 2 saturated carbocycles. The molecule has 0 saturated heterocycles. The normalized spacial score (nSPS) is 40.6. The van der Waals surface area contributed by atoms with Crippen molar-refractivity contribution in [2.75, 3.05) is 0 Å². The van der Waals surface area contributed by atoms with Crippen LogP contribution in [0.4, 0.5) is 8.78 Å². The van der Waals surface area contributed by atoms with E-state index in [1.807, 2.05) is 0 Å². The van der Waals surface area contributed by atoms with E-state index in [1.54, 1.807) is 0 Å². The first-order valence-corrected chi connectivity index (χ1v) is 6.55. The summed E-state index contributed by atoms with van der Waals surface area (Å²) >= 11 is 6.21. The highest BCUT2D eigenvalue weighted by Gasteiger charge is 2.45. The minimum Gasteiger partial charge on any atom is -0.207 e. The van der Waals surface area contributed by atoms with Gasteiger partial charge in [0.25, 0.3) is 5.92 Å². The molecule has 15 heavy (non-hydrogen) atoms. The van der Waals surface area contributed by atoms with Crippen LogP contribution in [0.5, 0.6) is 0 Å². The molecule has 0 aromatic carbocycles. The van der Waals surface area contributed by atoms with Crippen molar-refractivity contribution in [2.24, 2.45) is 11.8 Å². The number of hydrogen-bond acceptors (Lipinski definition) is 0. The molecule has 0 N–H and O–H groups in total. The highest BCUT2D eigenvalue weighted by atomic mass is 35.5. The molecule has 3 atom stereocenters. The van der Waals surface area contributed by atoms with Gasteiger partial charge in [0.1, 0.15) is 0 Å². The predicted octanol–water partition coefficient (Wildman–Crippen LogP) is 4.61. The summed E-state index contributed by atoms with van der Waals surface area (Å²) in [7, 11) is 0. The fourth-order valence-electron chi connectivity index (χ4n) is 3.08. The molecular weight excluding hydrogens is 218 g/mol. The van der Waals surface area contributed by atoms with Crippen molar-refractivity contribution in [1.29, 1.82) is 0 Å². The number of hydrogen-bond donors (Lipinski definition) is 0. The number of halogens is 3. The van der Waals surface area contributed by atoms with Gasteiger partial charge in [0, 0.05) is 17.7 Å². The maximum atomic E-state index is 13.4. The van der Waals surface area contributed by atoms with Crippen LogP contribution < -0.4 is 0 Å². The first-order chi connectivity index (χ1) is 7.09. The van der Waals surface area contributed by atoms with Crippen LogP contribution in [-0.2, 0) is 0 Å². The molecule has 0 nitrogen and oxygen atoms in total. The third kappa shape index (κ3) is 2.64. The topological polar surface area (TPSA) is 0 Å². The van der Waals surface area contributed by atoms with Crippen LogP contribution in [0, 0.1) is 11.8 Å². The summed E-state index contributed by atoms with van der Waals surface area (Å²) in [6.07, 6.45) is 6.56. The van der Waals surface area contributed by atoms with Gasteiger partial charge in [0.2, 0.25) is 0 Å². The van der Waals surface area contributed by atoms with Crippen molar-refractivity contribution < 1.29 is 8.78 Å². The molecule has 2 aliphatic carbocycles. The Morgan fingerprint density at radius 3 is 2.40 bits per heavy atom. The van der Waals surface area contributed by atoms with Crippen LogP contribution in [0.15, 0.2) is 0 Å². The molecule has 0 aromatic heterocycles. The average Bonchev–Trinajstić information content (AvgIpc) is 2.50. The third-order valence-corrected chi connectivity index (χ3v) is 4.64. The lowest BCUT2D eigenvalue weighted by Crippen LogP contribution is -2.28. The fraction of sp³-hybridized carbons (Fsp3) is 1.00. The minimum atomic E-state index is -2.41. The van der Waals surface area contributed by atoms with Crippen molar-refractivity contribution in [1.82, 2.24) is 0 Å². The summed E-state index contributed by atoms with van der Waals surface area (Å²) in [4.78, 5) is 0. The van der Waals surface area contributed by atoms with Gasteiger partial charge < -0.3 is 0 Å². The molecule has 0 aromatic rings. The van der Waals surface area contributed by atoms with E-state index in [0.717, 1.165) is 12.8 Å². The molecule has 0 aliphatic heterocycles. The monoisotopic (exact) mass is 236 g/mol. The molecule has 2 rings (SSSR count). The Morgan fingerprint density at radius 1 is 1.07 bits per heavy atom. The summed E-state index contributed by atoms with van der Waals surface area (Å²) in [5.41, 5.74) is 0. The van der Waals surface area contributed by atoms with Crippen molar-refractivity contribution >= 4 is 11.6 Å². The third-order valence-electron chi connectivity index (χ3n) is 4.06. The maximum Gasteiger partial charge on any atom is 0.250 e. The molecule has 2 fully saturated rings. The molecule has 0 heterocycles. The zero-order chi connectivity index (χ0) is 10.9. The van der Waals surface area contributed by atoms with Gasteiger partial charge in [-0.3, -0.25) is 0 Å². The fourth-order valence-corrected chi connectivity index (χ4v) is 3.47. The SMILES string of the molecule is FC1(F)CCCC1CC1CCCCC1Cl. The van der Waals surface area contributed by atoms with E-state index in [9.17, 15) is 8.78 Å². The Morgan fingerprint density at radius 2 is 1.80 bits per heavy atom. The largest absolute Gasteiger partial charge is 0.250 e. The first-order valence-electron chi connectivity index (χ1n) is 6.11. The van der Waals surface area contributed by atoms with E-state index in [4.69, 9.17) is 11.6 Å². The lowest BCUT2D eigenvalue weighted by Gasteiger charge is -2.31. The van der Waals surface area contributed by atoms with Crippen molar-refractivity contribution in [3.05, 3.63) is 0 Å². The van der Waals surface area contributed by atoms with Gasteiger partial charge in [-0.1, -0.05) is 12.8 Å². The van der Waals surface area contributed by atoms with Crippen LogP contribution in [0.1, 0.15) is 51.4 Å². The van der Waals surface area contributed by atoms with Gasteiger partial charge in [-0.15, -0.1) is 11.6 Å². The van der Waals surface area contributed by atoms with Gasteiger partial charge in [-0.05, 0) is 38.0 Å². The van der Waals surface area contributed by atoms with Crippen LogP contribution in [0.25, 0.3) is 0 Å². The summed E-state index contributed by atoms with van der Waals surface area (Å²) < 4.78 is 26.9. The minimum absolute atomic E-state index is 0.0946. The van der Waals surface area contributed by atoms with Gasteiger partial charge in [-0.2, -0.15) is 0 Å². The van der Waals surface area contributed by atoms with E-state index >= 15 is 0 Å². The molecule has 2 aliphatic rings. The molecule has 88 valence electrons. The Kier molecular flexibility index (Phi) is 3.54.